The zero-order chi connectivity index (χ0) is 14.1. The third kappa shape index (κ3) is 1.94. The number of rotatable bonds is 4. The summed E-state index contributed by atoms with van der Waals surface area (Å²) in [5, 5.41) is 0. The van der Waals surface area contributed by atoms with Gasteiger partial charge < -0.3 is 9.47 Å². The van der Waals surface area contributed by atoms with Crippen LogP contribution in [-0.2, 0) is 6.42 Å². The van der Waals surface area contributed by atoms with Crippen LogP contribution in [0.3, 0.4) is 0 Å². The molecule has 4 nitrogen and oxygen atoms in total. The summed E-state index contributed by atoms with van der Waals surface area (Å²) in [6, 6.07) is 5.91. The van der Waals surface area contributed by atoms with Gasteiger partial charge in [0.2, 0.25) is 0 Å². The summed E-state index contributed by atoms with van der Waals surface area (Å²) in [6.07, 6.45) is 4.79. The molecule has 0 unspecified atom stereocenters. The molecule has 0 radical (unpaired) electrons. The maximum atomic E-state index is 5.53. The summed E-state index contributed by atoms with van der Waals surface area (Å²) in [7, 11) is 3.34. The number of nitrogens with zero attached hydrogens (tertiary/aromatic N) is 2. The van der Waals surface area contributed by atoms with Gasteiger partial charge in [0.25, 0.3) is 0 Å². The fraction of sp³-hybridized carbons (Fsp3) is 0.267. The summed E-state index contributed by atoms with van der Waals surface area (Å²) < 4.78 is 12.9. The van der Waals surface area contributed by atoms with E-state index in [4.69, 9.17) is 9.47 Å². The van der Waals surface area contributed by atoms with E-state index in [2.05, 4.69) is 16.3 Å². The van der Waals surface area contributed by atoms with Crippen molar-refractivity contribution in [2.45, 2.75) is 13.3 Å². The molecule has 0 bridgehead atoms. The molecule has 104 valence electrons. The zero-order valence-corrected chi connectivity index (χ0v) is 12.5. The molecular formula is C15H16N2O2S. The average Bonchev–Trinajstić information content (AvgIpc) is 3.06. The molecule has 5 heteroatoms. The number of aryl methyl sites for hydroxylation is 1. The first kappa shape index (κ1) is 13.0. The number of fused-ring (bicyclic) bond motifs is 1. The second-order valence-electron chi connectivity index (χ2n) is 4.37. The predicted octanol–water partition coefficient (Wildman–Crippen LogP) is 3.64. The van der Waals surface area contributed by atoms with Crippen molar-refractivity contribution in [2.24, 2.45) is 0 Å². The quantitative estimate of drug-likeness (QED) is 0.735. The molecule has 0 aliphatic heterocycles. The fourth-order valence-electron chi connectivity index (χ4n) is 2.34. The Morgan fingerprint density at radius 1 is 1.25 bits per heavy atom. The van der Waals surface area contributed by atoms with Gasteiger partial charge in [0.1, 0.15) is 11.5 Å². The number of benzene rings is 1. The molecule has 0 aliphatic carbocycles. The van der Waals surface area contributed by atoms with Gasteiger partial charge in [-0.2, -0.15) is 0 Å². The van der Waals surface area contributed by atoms with Gasteiger partial charge in [-0.3, -0.25) is 4.40 Å². The summed E-state index contributed by atoms with van der Waals surface area (Å²) >= 11 is 1.72. The van der Waals surface area contributed by atoms with Gasteiger partial charge in [0.15, 0.2) is 4.96 Å². The maximum Gasteiger partial charge on any atom is 0.194 e. The monoisotopic (exact) mass is 288 g/mol. The Hall–Kier alpha value is -2.01. The van der Waals surface area contributed by atoms with Gasteiger partial charge in [0, 0.05) is 28.9 Å². The Balaban J connectivity index is 2.26. The molecule has 0 saturated heterocycles. The summed E-state index contributed by atoms with van der Waals surface area (Å²) in [4.78, 5) is 6.69. The largest absolute Gasteiger partial charge is 0.497 e. The van der Waals surface area contributed by atoms with Gasteiger partial charge >= 0.3 is 0 Å². The van der Waals surface area contributed by atoms with Gasteiger partial charge in [-0.1, -0.05) is 6.92 Å². The Kier molecular flexibility index (Phi) is 3.36. The highest BCUT2D eigenvalue weighted by molar-refractivity contribution is 7.17. The van der Waals surface area contributed by atoms with Gasteiger partial charge in [0.05, 0.1) is 19.9 Å². The topological polar surface area (TPSA) is 35.8 Å². The lowest BCUT2D eigenvalue weighted by atomic mass is 10.1. The van der Waals surface area contributed by atoms with Crippen molar-refractivity contribution >= 4 is 16.3 Å². The van der Waals surface area contributed by atoms with Gasteiger partial charge in [-0.15, -0.1) is 11.3 Å². The van der Waals surface area contributed by atoms with Crippen LogP contribution in [0.2, 0.25) is 0 Å². The normalized spacial score (nSPS) is 10.9. The van der Waals surface area contributed by atoms with Crippen LogP contribution in [0.5, 0.6) is 11.5 Å². The summed E-state index contributed by atoms with van der Waals surface area (Å²) in [6.45, 7) is 2.16. The molecule has 0 fully saturated rings. The SMILES string of the molecule is CCc1sc2nccn2c1-c1ccc(OC)cc1OC. The van der Waals surface area contributed by atoms with Crippen LogP contribution in [0.1, 0.15) is 11.8 Å². The Bertz CT molecular complexity index is 745. The average molecular weight is 288 g/mol. The first-order chi connectivity index (χ1) is 9.78. The van der Waals surface area contributed by atoms with Crippen molar-refractivity contribution in [3.63, 3.8) is 0 Å². The number of imidazole rings is 1. The molecule has 0 N–H and O–H groups in total. The first-order valence-corrected chi connectivity index (χ1v) is 7.27. The van der Waals surface area contributed by atoms with Crippen LogP contribution in [0.15, 0.2) is 30.6 Å². The van der Waals surface area contributed by atoms with Gasteiger partial charge in [-0.05, 0) is 18.6 Å². The molecular weight excluding hydrogens is 272 g/mol. The number of hydrogen-bond donors (Lipinski definition) is 0. The number of thiazole rings is 1. The molecule has 0 aliphatic rings. The van der Waals surface area contributed by atoms with E-state index in [0.29, 0.717) is 0 Å². The number of aromatic nitrogens is 2. The molecule has 3 aromatic rings. The summed E-state index contributed by atoms with van der Waals surface area (Å²) in [5.41, 5.74) is 2.22. The third-order valence-electron chi connectivity index (χ3n) is 3.31. The lowest BCUT2D eigenvalue weighted by molar-refractivity contribution is 0.395. The standard InChI is InChI=1S/C15H16N2O2S/c1-4-13-14(17-8-7-16-15(17)20-13)11-6-5-10(18-2)9-12(11)19-3/h5-9H,4H2,1-3H3. The van der Waals surface area contributed by atoms with Crippen LogP contribution in [0, 0.1) is 0 Å². The molecule has 0 saturated carbocycles. The zero-order valence-electron chi connectivity index (χ0n) is 11.7. The fourth-order valence-corrected chi connectivity index (χ4v) is 3.38. The van der Waals surface area contributed by atoms with Crippen molar-refractivity contribution in [1.82, 2.24) is 9.38 Å². The van der Waals surface area contributed by atoms with Crippen LogP contribution < -0.4 is 9.47 Å². The van der Waals surface area contributed by atoms with Crippen molar-refractivity contribution < 1.29 is 9.47 Å². The molecule has 2 aromatic heterocycles. The second-order valence-corrected chi connectivity index (χ2v) is 5.44. The lowest BCUT2D eigenvalue weighted by Gasteiger charge is -2.11. The Labute approximate surface area is 121 Å². The van der Waals surface area contributed by atoms with E-state index in [1.54, 1.807) is 25.6 Å². The molecule has 0 amide bonds. The van der Waals surface area contributed by atoms with Gasteiger partial charge in [-0.25, -0.2) is 4.98 Å². The molecule has 20 heavy (non-hydrogen) atoms. The molecule has 2 heterocycles. The summed E-state index contributed by atoms with van der Waals surface area (Å²) in [5.74, 6) is 1.60. The lowest BCUT2D eigenvalue weighted by Crippen LogP contribution is -1.94. The van der Waals surface area contributed by atoms with Crippen LogP contribution >= 0.6 is 11.3 Å². The van der Waals surface area contributed by atoms with Crippen LogP contribution in [-0.4, -0.2) is 23.6 Å². The molecule has 3 rings (SSSR count). The van der Waals surface area contributed by atoms with Crippen molar-refractivity contribution in [2.75, 3.05) is 14.2 Å². The maximum absolute atomic E-state index is 5.53. The Morgan fingerprint density at radius 2 is 2.10 bits per heavy atom. The van der Waals surface area contributed by atoms with E-state index in [1.165, 1.54) is 4.88 Å². The molecule has 1 aromatic carbocycles. The number of ether oxygens (including phenoxy) is 2. The predicted molar refractivity (Wildman–Crippen MR) is 81.0 cm³/mol. The molecule has 0 atom stereocenters. The highest BCUT2D eigenvalue weighted by atomic mass is 32.1. The van der Waals surface area contributed by atoms with Crippen LogP contribution in [0.4, 0.5) is 0 Å². The minimum Gasteiger partial charge on any atom is -0.497 e. The van der Waals surface area contributed by atoms with E-state index in [0.717, 1.165) is 34.1 Å². The molecule has 0 spiro atoms. The number of hydrogen-bond acceptors (Lipinski definition) is 4. The van der Waals surface area contributed by atoms with E-state index in [-0.39, 0.29) is 0 Å². The highest BCUT2D eigenvalue weighted by Gasteiger charge is 2.17. The van der Waals surface area contributed by atoms with E-state index in [9.17, 15) is 0 Å². The minimum atomic E-state index is 0.792. The smallest absolute Gasteiger partial charge is 0.194 e. The highest BCUT2D eigenvalue weighted by Crippen LogP contribution is 2.38. The van der Waals surface area contributed by atoms with E-state index >= 15 is 0 Å². The van der Waals surface area contributed by atoms with E-state index in [1.807, 2.05) is 30.6 Å². The van der Waals surface area contributed by atoms with Crippen molar-refractivity contribution in [1.29, 1.82) is 0 Å². The first-order valence-electron chi connectivity index (χ1n) is 6.45. The van der Waals surface area contributed by atoms with E-state index < -0.39 is 0 Å². The second kappa shape index (κ2) is 5.17. The third-order valence-corrected chi connectivity index (χ3v) is 4.52. The van der Waals surface area contributed by atoms with Crippen LogP contribution in [0.25, 0.3) is 16.2 Å². The van der Waals surface area contributed by atoms with Crippen molar-refractivity contribution in [3.8, 4) is 22.8 Å². The van der Waals surface area contributed by atoms with Crippen molar-refractivity contribution in [3.05, 3.63) is 35.5 Å². The minimum absolute atomic E-state index is 0.792. The Morgan fingerprint density at radius 3 is 2.80 bits per heavy atom. The number of methoxy groups -OCH3 is 2.